The molecule has 1 atom stereocenters. The Hall–Kier alpha value is -2.37. The van der Waals surface area contributed by atoms with Crippen LogP contribution in [0.2, 0.25) is 0 Å². The zero-order valence-corrected chi connectivity index (χ0v) is 15.8. The van der Waals surface area contributed by atoms with Crippen molar-refractivity contribution in [1.82, 2.24) is 4.57 Å². The van der Waals surface area contributed by atoms with Crippen molar-refractivity contribution in [2.75, 3.05) is 0 Å². The summed E-state index contributed by atoms with van der Waals surface area (Å²) in [6.07, 6.45) is -0.948. The summed E-state index contributed by atoms with van der Waals surface area (Å²) in [5.41, 5.74) is 0.0548. The van der Waals surface area contributed by atoms with E-state index in [1.807, 2.05) is 0 Å². The zero-order chi connectivity index (χ0) is 19.2. The minimum Gasteiger partial charge on any atom is -0.550 e. The van der Waals surface area contributed by atoms with Crippen molar-refractivity contribution < 1.29 is 29.7 Å². The second-order valence-corrected chi connectivity index (χ2v) is 7.81. The van der Waals surface area contributed by atoms with Gasteiger partial charge in [0.15, 0.2) is 3.95 Å². The van der Waals surface area contributed by atoms with Gasteiger partial charge in [0.1, 0.15) is 4.88 Å². The van der Waals surface area contributed by atoms with E-state index in [9.17, 15) is 29.7 Å². The fraction of sp³-hybridized carbons (Fsp3) is 0.133. The highest BCUT2D eigenvalue weighted by Gasteiger charge is 2.28. The Morgan fingerprint density at radius 3 is 2.69 bits per heavy atom. The summed E-state index contributed by atoms with van der Waals surface area (Å²) in [6.45, 7) is 0. The van der Waals surface area contributed by atoms with Crippen molar-refractivity contribution in [3.63, 3.8) is 0 Å². The predicted molar refractivity (Wildman–Crippen MR) is 90.9 cm³/mol. The molecule has 0 saturated heterocycles. The van der Waals surface area contributed by atoms with Gasteiger partial charge in [-0.2, -0.15) is 0 Å². The summed E-state index contributed by atoms with van der Waals surface area (Å²) in [6, 6.07) is 3.16. The molecule has 0 fully saturated rings. The van der Waals surface area contributed by atoms with E-state index in [1.54, 1.807) is 18.2 Å². The summed E-state index contributed by atoms with van der Waals surface area (Å²) < 4.78 is 1.28. The highest BCUT2D eigenvalue weighted by Crippen LogP contribution is 2.35. The number of fused-ring (bicyclic) bond motifs is 1. The number of thiazole rings is 1. The van der Waals surface area contributed by atoms with E-state index < -0.39 is 36.2 Å². The molecule has 0 bridgehead atoms. The quantitative estimate of drug-likeness (QED) is 0.545. The number of aromatic nitrogens is 1. The molecule has 11 heteroatoms. The first kappa shape index (κ1) is 18.4. The smallest absolute Gasteiger partial charge is 0.279 e. The Bertz CT molecular complexity index is 1150. The standard InChI is InChI=1S/C15H9BrN2O6S2/c16-5-1-2-7-6(3-5)10(12(21)17-7)11-13(22)18(15(25)26-11)8(14(23)24)4-9(19)20/h1-3,8,22H,4H2,(H,19,20)(H,23,24)/p-2/t8-/m1/s1. The van der Waals surface area contributed by atoms with Crippen molar-refractivity contribution in [3.05, 3.63) is 42.1 Å². The molecule has 8 nitrogen and oxygen atoms in total. The van der Waals surface area contributed by atoms with Gasteiger partial charge in [-0.3, -0.25) is 9.36 Å². The number of carboxylic acids is 2. The summed E-state index contributed by atoms with van der Waals surface area (Å²) in [4.78, 5) is 38.3. The molecule has 1 aromatic heterocycles. The lowest BCUT2D eigenvalue weighted by atomic mass is 10.1. The van der Waals surface area contributed by atoms with Crippen LogP contribution in [0.15, 0.2) is 27.7 Å². The second kappa shape index (κ2) is 6.74. The van der Waals surface area contributed by atoms with Crippen molar-refractivity contribution in [2.45, 2.75) is 12.5 Å². The lowest BCUT2D eigenvalue weighted by Gasteiger charge is -2.21. The van der Waals surface area contributed by atoms with Gasteiger partial charge in [-0.1, -0.05) is 15.9 Å². The number of halogens is 1. The molecule has 3 rings (SSSR count). The molecule has 1 N–H and O–H groups in total. The van der Waals surface area contributed by atoms with Gasteiger partial charge >= 0.3 is 0 Å². The van der Waals surface area contributed by atoms with Crippen LogP contribution < -0.4 is 20.8 Å². The highest BCUT2D eigenvalue weighted by molar-refractivity contribution is 9.10. The molecule has 1 aliphatic heterocycles. The first-order chi connectivity index (χ1) is 12.2. The van der Waals surface area contributed by atoms with Crippen molar-refractivity contribution in [1.29, 1.82) is 0 Å². The van der Waals surface area contributed by atoms with Gasteiger partial charge in [-0.15, -0.1) is 11.3 Å². The van der Waals surface area contributed by atoms with Crippen LogP contribution in [0.1, 0.15) is 17.3 Å². The second-order valence-electron chi connectivity index (χ2n) is 5.26. The summed E-state index contributed by atoms with van der Waals surface area (Å²) in [7, 11) is 0. The van der Waals surface area contributed by atoms with Crippen LogP contribution in [0, 0.1) is 3.95 Å². The van der Waals surface area contributed by atoms with E-state index in [0.717, 1.165) is 15.9 Å². The Kier molecular flexibility index (Phi) is 4.78. The van der Waals surface area contributed by atoms with E-state index >= 15 is 0 Å². The minimum absolute atomic E-state index is 0.00481. The molecule has 0 radical (unpaired) electrons. The van der Waals surface area contributed by atoms with Gasteiger partial charge in [-0.25, -0.2) is 4.99 Å². The maximum Gasteiger partial charge on any atom is 0.279 e. The van der Waals surface area contributed by atoms with Gasteiger partial charge in [0.25, 0.3) is 5.91 Å². The number of carbonyl (C=O) groups is 3. The van der Waals surface area contributed by atoms with Gasteiger partial charge in [-0.05, 0) is 30.4 Å². The van der Waals surface area contributed by atoms with Crippen LogP contribution >= 0.6 is 39.5 Å². The number of carbonyl (C=O) groups excluding carboxylic acids is 3. The molecular formula is C15H7BrN2O6S2-2. The van der Waals surface area contributed by atoms with Crippen LogP contribution in [-0.4, -0.2) is 27.5 Å². The number of hydrogen-bond donors (Lipinski definition) is 1. The molecular weight excluding hydrogens is 448 g/mol. The Morgan fingerprint density at radius 1 is 1.38 bits per heavy atom. The van der Waals surface area contributed by atoms with Crippen LogP contribution in [0.4, 0.5) is 0 Å². The number of benzene rings is 1. The van der Waals surface area contributed by atoms with Crippen molar-refractivity contribution in [3.8, 4) is 5.88 Å². The van der Waals surface area contributed by atoms with E-state index in [1.165, 1.54) is 0 Å². The largest absolute Gasteiger partial charge is 0.550 e. The molecule has 1 aliphatic rings. The molecule has 0 aliphatic carbocycles. The lowest BCUT2D eigenvalue weighted by Crippen LogP contribution is -2.37. The number of amides is 1. The Labute approximate surface area is 162 Å². The van der Waals surface area contributed by atoms with Gasteiger partial charge in [0.2, 0.25) is 5.88 Å². The monoisotopic (exact) mass is 454 g/mol. The molecule has 1 aromatic carbocycles. The van der Waals surface area contributed by atoms with Crippen LogP contribution in [-0.2, 0) is 14.4 Å². The molecule has 0 unspecified atom stereocenters. The van der Waals surface area contributed by atoms with E-state index in [-0.39, 0.29) is 14.4 Å². The average molecular weight is 455 g/mol. The first-order valence-corrected chi connectivity index (χ1v) is 9.00. The molecule has 1 amide bonds. The van der Waals surface area contributed by atoms with E-state index in [0.29, 0.717) is 15.0 Å². The minimum atomic E-state index is -1.77. The molecule has 134 valence electrons. The van der Waals surface area contributed by atoms with Crippen LogP contribution in [0.25, 0.3) is 5.57 Å². The summed E-state index contributed by atoms with van der Waals surface area (Å²) in [5.74, 6) is -4.66. The fourth-order valence-electron chi connectivity index (χ4n) is 2.56. The van der Waals surface area contributed by atoms with Crippen molar-refractivity contribution >= 4 is 62.9 Å². The number of rotatable bonds is 5. The van der Waals surface area contributed by atoms with Crippen molar-refractivity contribution in [2.24, 2.45) is 4.99 Å². The number of aromatic hydroxyl groups is 1. The molecule has 2 aromatic rings. The fourth-order valence-corrected chi connectivity index (χ4v) is 4.36. The zero-order valence-electron chi connectivity index (χ0n) is 12.6. The molecule has 2 heterocycles. The van der Waals surface area contributed by atoms with Crippen LogP contribution in [0.5, 0.6) is 5.88 Å². The molecule has 26 heavy (non-hydrogen) atoms. The third-order valence-corrected chi connectivity index (χ3v) is 5.55. The number of nitrogens with zero attached hydrogens (tertiary/aromatic N) is 2. The topological polar surface area (TPSA) is 135 Å². The third kappa shape index (κ3) is 3.08. The predicted octanol–water partition coefficient (Wildman–Crippen LogP) is -1.46. The number of aliphatic carboxylic acids is 2. The first-order valence-electron chi connectivity index (χ1n) is 6.99. The Morgan fingerprint density at radius 2 is 2.08 bits per heavy atom. The molecule has 0 saturated carbocycles. The maximum absolute atomic E-state index is 12.3. The van der Waals surface area contributed by atoms with Gasteiger partial charge in [0.05, 0.1) is 22.9 Å². The normalized spacial score (nSPS) is 14.0. The van der Waals surface area contributed by atoms with Crippen LogP contribution in [0.3, 0.4) is 0 Å². The third-order valence-electron chi connectivity index (χ3n) is 3.65. The molecule has 0 spiro atoms. The van der Waals surface area contributed by atoms with Gasteiger partial charge < -0.3 is 24.9 Å². The van der Waals surface area contributed by atoms with Gasteiger partial charge in [0, 0.05) is 22.1 Å². The maximum atomic E-state index is 12.3. The summed E-state index contributed by atoms with van der Waals surface area (Å²) >= 11 is 9.12. The van der Waals surface area contributed by atoms with E-state index in [4.69, 9.17) is 12.2 Å². The highest BCUT2D eigenvalue weighted by atomic mass is 79.9. The lowest BCUT2D eigenvalue weighted by molar-refractivity contribution is -0.319. The summed E-state index contributed by atoms with van der Waals surface area (Å²) in [5, 5.41) is 33.4. The number of hydrogen-bond acceptors (Lipinski definition) is 8. The average Bonchev–Trinajstić information content (AvgIpc) is 3.00. The Balaban J connectivity index is 2.27. The SMILES string of the molecule is O=C([O-])C[C@H](C(=O)[O-])n1c(O)c(C2=c3cc(Br)ccc3=NC2=O)sc1=S. The van der Waals surface area contributed by atoms with E-state index in [2.05, 4.69) is 20.9 Å². The number of carboxylic acid groups (broad SMARTS) is 2.